The van der Waals surface area contributed by atoms with Crippen molar-refractivity contribution >= 4 is 23.9 Å². The van der Waals surface area contributed by atoms with Crippen LogP contribution in [0.15, 0.2) is 12.1 Å². The van der Waals surface area contributed by atoms with Gasteiger partial charge in [0.1, 0.15) is 24.3 Å². The number of nitrogens with zero attached hydrogens (tertiary/aromatic N) is 2. The Morgan fingerprint density at radius 1 is 0.750 bits per heavy atom. The molecule has 10 nitrogen and oxygen atoms in total. The molecular weight excluding hydrogens is 468 g/mol. The van der Waals surface area contributed by atoms with Gasteiger partial charge in [-0.2, -0.15) is 0 Å². The number of benzene rings is 1. The van der Waals surface area contributed by atoms with E-state index in [2.05, 4.69) is 0 Å². The minimum atomic E-state index is -1.18. The highest BCUT2D eigenvalue weighted by Gasteiger charge is 2.51. The second-order valence-electron chi connectivity index (χ2n) is 11.5. The molecule has 2 unspecified atom stereocenters. The zero-order valence-electron chi connectivity index (χ0n) is 22.2. The number of likely N-dealkylation sites (N-methyl/N-ethyl adjacent to an activating group) is 2. The highest BCUT2D eigenvalue weighted by atomic mass is 16.5. The second-order valence-corrected chi connectivity index (χ2v) is 11.5. The Kier molecular flexibility index (Phi) is 6.78. The van der Waals surface area contributed by atoms with Gasteiger partial charge < -0.3 is 19.7 Å². The van der Waals surface area contributed by atoms with E-state index in [0.717, 1.165) is 0 Å². The monoisotopic (exact) mass is 504 g/mol. The Hall–Kier alpha value is -2.98. The third kappa shape index (κ3) is 4.37. The number of carbonyl (C=O) groups excluding carboxylic acids is 2. The maximum Gasteiger partial charge on any atom is 0.335 e. The van der Waals surface area contributed by atoms with Crippen molar-refractivity contribution in [1.29, 1.82) is 0 Å². The van der Waals surface area contributed by atoms with E-state index in [9.17, 15) is 29.4 Å². The quantitative estimate of drug-likeness (QED) is 0.556. The molecule has 10 heteroatoms. The molecule has 2 N–H and O–H groups in total. The van der Waals surface area contributed by atoms with E-state index in [0.29, 0.717) is 11.1 Å². The number of aromatic carboxylic acids is 2. The average Bonchev–Trinajstić information content (AvgIpc) is 2.78. The molecule has 1 aromatic rings. The lowest BCUT2D eigenvalue weighted by Gasteiger charge is -2.51. The maximum atomic E-state index is 12.4. The Bertz CT molecular complexity index is 1040. The number of carboxylic acids is 2. The van der Waals surface area contributed by atoms with E-state index in [1.807, 2.05) is 23.6 Å². The first-order valence-corrected chi connectivity index (χ1v) is 11.8. The highest BCUT2D eigenvalue weighted by molar-refractivity contribution is 5.95. The van der Waals surface area contributed by atoms with Gasteiger partial charge in [-0.25, -0.2) is 9.59 Å². The molecule has 0 radical (unpaired) electrons. The van der Waals surface area contributed by atoms with Gasteiger partial charge in [0.15, 0.2) is 0 Å². The predicted molar refractivity (Wildman–Crippen MR) is 130 cm³/mol. The fraction of sp³-hybridized carbons (Fsp3) is 0.615. The summed E-state index contributed by atoms with van der Waals surface area (Å²) >= 11 is 0. The van der Waals surface area contributed by atoms with Crippen LogP contribution in [0.3, 0.4) is 0 Å². The minimum absolute atomic E-state index is 0.0161. The molecule has 1 aromatic carbocycles. The van der Waals surface area contributed by atoms with Gasteiger partial charge in [-0.05, 0) is 91.7 Å². The fourth-order valence-corrected chi connectivity index (χ4v) is 5.21. The summed E-state index contributed by atoms with van der Waals surface area (Å²) in [6.07, 6.45) is 0.253. The number of cyclic esters (lactones) is 2. The van der Waals surface area contributed by atoms with Crippen molar-refractivity contribution in [3.63, 3.8) is 0 Å². The third-order valence-corrected chi connectivity index (χ3v) is 8.33. The summed E-state index contributed by atoms with van der Waals surface area (Å²) in [4.78, 5) is 53.1. The zero-order valence-corrected chi connectivity index (χ0v) is 22.2. The average molecular weight is 505 g/mol. The molecule has 2 heterocycles. The molecule has 2 atom stereocenters. The predicted octanol–water partition coefficient (Wildman–Crippen LogP) is 2.22. The van der Waals surface area contributed by atoms with Crippen molar-refractivity contribution in [1.82, 2.24) is 9.80 Å². The molecule has 0 bridgehead atoms. The summed E-state index contributed by atoms with van der Waals surface area (Å²) in [7, 11) is 3.56. The number of esters is 2. The number of carbonyl (C=O) groups is 4. The Morgan fingerprint density at radius 2 is 1.06 bits per heavy atom. The summed E-state index contributed by atoms with van der Waals surface area (Å²) in [5, 5.41) is 20.1. The van der Waals surface area contributed by atoms with Crippen LogP contribution in [0.4, 0.5) is 0 Å². The van der Waals surface area contributed by atoms with E-state index in [1.165, 1.54) is 12.1 Å². The van der Waals surface area contributed by atoms with E-state index in [1.54, 1.807) is 41.8 Å². The molecule has 0 amide bonds. The van der Waals surface area contributed by atoms with Crippen LogP contribution in [-0.2, 0) is 31.9 Å². The van der Waals surface area contributed by atoms with Crippen molar-refractivity contribution < 1.29 is 38.9 Å². The van der Waals surface area contributed by atoms with Crippen molar-refractivity contribution in [3.05, 3.63) is 34.4 Å². The standard InChI is InChI=1S/C26H36N2O8/c1-23(2)21(33)35-13-25(5,27(23)7)11-17-15(19(29)30)9-10-16(20(31)32)18(17)12-26(6)14-36-22(34)24(3,4)28(26)8/h9-10H,11-14H2,1-8H3,(H,29,30)(H,31,32). The molecule has 0 aromatic heterocycles. The van der Waals surface area contributed by atoms with Crippen LogP contribution in [0, 0.1) is 0 Å². The van der Waals surface area contributed by atoms with Crippen molar-refractivity contribution in [2.45, 2.75) is 76.5 Å². The van der Waals surface area contributed by atoms with Gasteiger partial charge in [-0.3, -0.25) is 19.4 Å². The molecule has 0 saturated carbocycles. The summed E-state index contributed by atoms with van der Waals surface area (Å²) in [5.41, 5.74) is -2.86. The lowest BCUT2D eigenvalue weighted by Crippen LogP contribution is -2.66. The SMILES string of the molecule is CN1C(C)(Cc2c(C(=O)O)ccc(C(=O)O)c2CC2(C)COC(=O)C(C)(C)N2C)COC(=O)C1(C)C. The van der Waals surface area contributed by atoms with Gasteiger partial charge in [-0.15, -0.1) is 0 Å². The molecule has 198 valence electrons. The third-order valence-electron chi connectivity index (χ3n) is 8.33. The Balaban J connectivity index is 2.20. The molecule has 3 rings (SSSR count). The molecule has 2 fully saturated rings. The lowest BCUT2D eigenvalue weighted by atomic mass is 9.77. The molecule has 2 saturated heterocycles. The number of rotatable bonds is 6. The van der Waals surface area contributed by atoms with Crippen LogP contribution in [0.25, 0.3) is 0 Å². The van der Waals surface area contributed by atoms with Crippen molar-refractivity contribution in [2.24, 2.45) is 0 Å². The summed E-state index contributed by atoms with van der Waals surface area (Å²) in [6.45, 7) is 10.7. The van der Waals surface area contributed by atoms with Gasteiger partial charge in [0.05, 0.1) is 22.2 Å². The maximum absolute atomic E-state index is 12.4. The van der Waals surface area contributed by atoms with Crippen LogP contribution < -0.4 is 0 Å². The topological polar surface area (TPSA) is 134 Å². The molecule has 0 spiro atoms. The Labute approximate surface area is 211 Å². The van der Waals surface area contributed by atoms with Gasteiger partial charge in [-0.1, -0.05) is 0 Å². The van der Waals surface area contributed by atoms with Gasteiger partial charge in [0.2, 0.25) is 0 Å². The van der Waals surface area contributed by atoms with E-state index in [-0.39, 0.29) is 49.1 Å². The number of hydrogen-bond donors (Lipinski definition) is 2. The summed E-state index contributed by atoms with van der Waals surface area (Å²) in [6, 6.07) is 2.62. The van der Waals surface area contributed by atoms with Crippen molar-refractivity contribution in [3.8, 4) is 0 Å². The van der Waals surface area contributed by atoms with E-state index >= 15 is 0 Å². The highest BCUT2D eigenvalue weighted by Crippen LogP contribution is 2.38. The van der Waals surface area contributed by atoms with Crippen LogP contribution in [0.2, 0.25) is 0 Å². The summed E-state index contributed by atoms with van der Waals surface area (Å²) in [5.74, 6) is -3.15. The van der Waals surface area contributed by atoms with Crippen LogP contribution >= 0.6 is 0 Å². The number of morpholine rings is 2. The smallest absolute Gasteiger partial charge is 0.335 e. The van der Waals surface area contributed by atoms with E-state index in [4.69, 9.17) is 9.47 Å². The lowest BCUT2D eigenvalue weighted by molar-refractivity contribution is -0.180. The molecule has 0 aliphatic carbocycles. The first-order valence-electron chi connectivity index (χ1n) is 11.8. The van der Waals surface area contributed by atoms with Crippen LogP contribution in [0.5, 0.6) is 0 Å². The Morgan fingerprint density at radius 3 is 1.33 bits per heavy atom. The zero-order chi connectivity index (χ0) is 27.4. The largest absolute Gasteiger partial charge is 0.478 e. The number of hydrogen-bond acceptors (Lipinski definition) is 8. The number of ether oxygens (including phenoxy) is 2. The summed E-state index contributed by atoms with van der Waals surface area (Å²) < 4.78 is 11.0. The van der Waals surface area contributed by atoms with Gasteiger partial charge in [0.25, 0.3) is 0 Å². The fourth-order valence-electron chi connectivity index (χ4n) is 5.21. The van der Waals surface area contributed by atoms with Gasteiger partial charge in [0, 0.05) is 0 Å². The second kappa shape index (κ2) is 8.85. The van der Waals surface area contributed by atoms with Gasteiger partial charge >= 0.3 is 23.9 Å². The number of carboxylic acid groups (broad SMARTS) is 2. The van der Waals surface area contributed by atoms with Crippen molar-refractivity contribution in [2.75, 3.05) is 27.3 Å². The first-order chi connectivity index (χ1) is 16.4. The molecule has 2 aliphatic heterocycles. The first kappa shape index (κ1) is 27.6. The normalized spacial score (nSPS) is 28.3. The molecule has 2 aliphatic rings. The minimum Gasteiger partial charge on any atom is -0.478 e. The van der Waals surface area contributed by atoms with E-state index < -0.39 is 34.1 Å². The molecule has 36 heavy (non-hydrogen) atoms. The molecular formula is C26H36N2O8. The van der Waals surface area contributed by atoms with Crippen LogP contribution in [0.1, 0.15) is 73.4 Å². The van der Waals surface area contributed by atoms with Crippen LogP contribution in [-0.4, -0.2) is 93.4 Å².